The van der Waals surface area contributed by atoms with Crippen LogP contribution in [-0.2, 0) is 0 Å². The second-order valence-corrected chi connectivity index (χ2v) is 7.52. The molecule has 0 atom stereocenters. The van der Waals surface area contributed by atoms with E-state index in [4.69, 9.17) is 0 Å². The van der Waals surface area contributed by atoms with Crippen LogP contribution in [0, 0.1) is 6.92 Å². The Labute approximate surface area is 170 Å². The Morgan fingerprint density at radius 2 is 1.93 bits per heavy atom. The molecule has 4 rings (SSSR count). The quantitative estimate of drug-likeness (QED) is 0.596. The molecule has 1 aromatic heterocycles. The zero-order chi connectivity index (χ0) is 20.2. The number of amides is 1. The zero-order valence-corrected chi connectivity index (χ0v) is 16.6. The van der Waals surface area contributed by atoms with Gasteiger partial charge in [0, 0.05) is 47.7 Å². The molecule has 0 saturated carbocycles. The van der Waals surface area contributed by atoms with Crippen LogP contribution in [0.15, 0.2) is 48.7 Å². The first-order valence-electron chi connectivity index (χ1n) is 10.1. The first-order valence-corrected chi connectivity index (χ1v) is 10.1. The minimum atomic E-state index is -0.0746. The summed E-state index contributed by atoms with van der Waals surface area (Å²) in [7, 11) is 0. The van der Waals surface area contributed by atoms with Crippen LogP contribution in [0.25, 0.3) is 10.9 Å². The summed E-state index contributed by atoms with van der Waals surface area (Å²) in [5, 5.41) is 17.0. The summed E-state index contributed by atoms with van der Waals surface area (Å²) in [6, 6.07) is 12.6. The average Bonchev–Trinajstić information content (AvgIpc) is 3.24. The van der Waals surface area contributed by atoms with Gasteiger partial charge in [-0.25, -0.2) is 0 Å². The van der Waals surface area contributed by atoms with Crippen LogP contribution >= 0.6 is 0 Å². The van der Waals surface area contributed by atoms with Gasteiger partial charge in [-0.2, -0.15) is 0 Å². The Morgan fingerprint density at radius 1 is 1.10 bits per heavy atom. The molecule has 3 N–H and O–H groups in total. The topological polar surface area (TPSA) is 77.5 Å². The van der Waals surface area contributed by atoms with Crippen LogP contribution in [-0.4, -0.2) is 47.1 Å². The molecule has 1 aliphatic heterocycles. The van der Waals surface area contributed by atoms with Gasteiger partial charge in [0.15, 0.2) is 0 Å². The molecule has 0 bridgehead atoms. The van der Waals surface area contributed by atoms with Crippen LogP contribution < -0.4 is 10.6 Å². The maximum absolute atomic E-state index is 12.6. The molecule has 1 amide bonds. The van der Waals surface area contributed by atoms with E-state index in [0.29, 0.717) is 12.1 Å². The molecule has 0 aliphatic carbocycles. The number of nitrogens with one attached hydrogen (secondary N) is 2. The molecule has 0 spiro atoms. The SMILES string of the molecule is Cc1ccc(O)cc1Nc1ccnc2ccc(C(=O)NCCN3CCCC3)cc12. The second kappa shape index (κ2) is 8.49. The van der Waals surface area contributed by atoms with Crippen molar-refractivity contribution >= 4 is 28.2 Å². The van der Waals surface area contributed by atoms with E-state index in [-0.39, 0.29) is 11.7 Å². The molecule has 2 aromatic carbocycles. The lowest BCUT2D eigenvalue weighted by atomic mass is 10.1. The minimum Gasteiger partial charge on any atom is -0.508 e. The predicted molar refractivity (Wildman–Crippen MR) is 116 cm³/mol. The number of rotatable bonds is 6. The van der Waals surface area contributed by atoms with Crippen molar-refractivity contribution < 1.29 is 9.90 Å². The number of carbonyl (C=O) groups excluding carboxylic acids is 1. The number of carbonyl (C=O) groups is 1. The summed E-state index contributed by atoms with van der Waals surface area (Å²) in [6.45, 7) is 5.77. The first kappa shape index (κ1) is 19.2. The summed E-state index contributed by atoms with van der Waals surface area (Å²) in [6.07, 6.45) is 4.23. The predicted octanol–water partition coefficient (Wildman–Crippen LogP) is 3.82. The Balaban J connectivity index is 1.53. The lowest BCUT2D eigenvalue weighted by molar-refractivity contribution is 0.0950. The van der Waals surface area contributed by atoms with Crippen molar-refractivity contribution in [1.29, 1.82) is 0 Å². The number of aryl methyl sites for hydroxylation is 1. The standard InChI is InChI=1S/C23H26N4O2/c1-16-4-6-18(28)15-22(16)26-21-8-9-24-20-7-5-17(14-19(20)21)23(29)25-10-13-27-11-2-3-12-27/h4-9,14-15,28H,2-3,10-13H2,1H3,(H,24,26)(H,25,29). The number of phenols is 1. The summed E-state index contributed by atoms with van der Waals surface area (Å²) in [4.78, 5) is 19.4. The fourth-order valence-corrected chi connectivity index (χ4v) is 3.72. The first-order chi connectivity index (χ1) is 14.1. The van der Waals surface area contributed by atoms with Gasteiger partial charge in [0.05, 0.1) is 5.52 Å². The van der Waals surface area contributed by atoms with Crippen molar-refractivity contribution in [1.82, 2.24) is 15.2 Å². The number of pyridine rings is 1. The van der Waals surface area contributed by atoms with E-state index in [1.165, 1.54) is 12.8 Å². The van der Waals surface area contributed by atoms with Crippen molar-refractivity contribution in [3.05, 3.63) is 59.8 Å². The molecule has 3 aromatic rings. The number of fused-ring (bicyclic) bond motifs is 1. The highest BCUT2D eigenvalue weighted by molar-refractivity contribution is 6.01. The number of nitrogens with zero attached hydrogens (tertiary/aromatic N) is 2. The van der Waals surface area contributed by atoms with E-state index in [2.05, 4.69) is 20.5 Å². The van der Waals surface area contributed by atoms with Crippen LogP contribution in [0.5, 0.6) is 5.75 Å². The molecular weight excluding hydrogens is 364 g/mol. The van der Waals surface area contributed by atoms with E-state index in [1.54, 1.807) is 18.3 Å². The average molecular weight is 390 g/mol. The molecule has 0 unspecified atom stereocenters. The molecule has 150 valence electrons. The van der Waals surface area contributed by atoms with Crippen molar-refractivity contribution in [3.63, 3.8) is 0 Å². The molecule has 1 fully saturated rings. The maximum atomic E-state index is 12.6. The number of benzene rings is 2. The number of hydrogen-bond donors (Lipinski definition) is 3. The molecule has 2 heterocycles. The molecule has 1 aliphatic rings. The van der Waals surface area contributed by atoms with Gasteiger partial charge < -0.3 is 20.6 Å². The Bertz CT molecular complexity index is 1030. The monoisotopic (exact) mass is 390 g/mol. The van der Waals surface area contributed by atoms with Crippen LogP contribution in [0.4, 0.5) is 11.4 Å². The highest BCUT2D eigenvalue weighted by atomic mass is 16.3. The van der Waals surface area contributed by atoms with Gasteiger partial charge in [-0.15, -0.1) is 0 Å². The number of aromatic hydroxyl groups is 1. The van der Waals surface area contributed by atoms with E-state index < -0.39 is 0 Å². The number of phenolic OH excluding ortho intramolecular Hbond substituents is 1. The molecule has 1 saturated heterocycles. The molecule has 6 heteroatoms. The number of anilines is 2. The van der Waals surface area contributed by atoms with Crippen molar-refractivity contribution in [2.24, 2.45) is 0 Å². The van der Waals surface area contributed by atoms with Gasteiger partial charge in [-0.1, -0.05) is 6.07 Å². The van der Waals surface area contributed by atoms with Crippen LogP contribution in [0.1, 0.15) is 28.8 Å². The Kier molecular flexibility index (Phi) is 5.62. The van der Waals surface area contributed by atoms with E-state index in [9.17, 15) is 9.90 Å². The third-order valence-corrected chi connectivity index (χ3v) is 5.41. The molecule has 6 nitrogen and oxygen atoms in total. The Hall–Kier alpha value is -3.12. The largest absolute Gasteiger partial charge is 0.508 e. The van der Waals surface area contributed by atoms with Gasteiger partial charge in [-0.3, -0.25) is 9.78 Å². The van der Waals surface area contributed by atoms with Crippen LogP contribution in [0.2, 0.25) is 0 Å². The number of aromatic nitrogens is 1. The lowest BCUT2D eigenvalue weighted by Crippen LogP contribution is -2.33. The molecular formula is C23H26N4O2. The van der Waals surface area contributed by atoms with Gasteiger partial charge in [-0.05, 0) is 68.8 Å². The minimum absolute atomic E-state index is 0.0746. The summed E-state index contributed by atoms with van der Waals surface area (Å²) < 4.78 is 0. The van der Waals surface area contributed by atoms with Crippen molar-refractivity contribution in [2.45, 2.75) is 19.8 Å². The molecule has 29 heavy (non-hydrogen) atoms. The van der Waals surface area contributed by atoms with Gasteiger partial charge in [0.2, 0.25) is 0 Å². The third-order valence-electron chi connectivity index (χ3n) is 5.41. The van der Waals surface area contributed by atoms with Gasteiger partial charge >= 0.3 is 0 Å². The van der Waals surface area contributed by atoms with E-state index in [1.807, 2.05) is 37.3 Å². The van der Waals surface area contributed by atoms with Crippen molar-refractivity contribution in [2.75, 3.05) is 31.5 Å². The number of likely N-dealkylation sites (tertiary alicyclic amines) is 1. The fourth-order valence-electron chi connectivity index (χ4n) is 3.72. The smallest absolute Gasteiger partial charge is 0.251 e. The van der Waals surface area contributed by atoms with Gasteiger partial charge in [0.1, 0.15) is 5.75 Å². The van der Waals surface area contributed by atoms with E-state index >= 15 is 0 Å². The normalized spacial score (nSPS) is 14.2. The Morgan fingerprint density at radius 3 is 2.76 bits per heavy atom. The van der Waals surface area contributed by atoms with Crippen molar-refractivity contribution in [3.8, 4) is 5.75 Å². The zero-order valence-electron chi connectivity index (χ0n) is 16.6. The maximum Gasteiger partial charge on any atom is 0.251 e. The van der Waals surface area contributed by atoms with Crippen LogP contribution in [0.3, 0.4) is 0 Å². The summed E-state index contributed by atoms with van der Waals surface area (Å²) in [5.74, 6) is 0.129. The van der Waals surface area contributed by atoms with E-state index in [0.717, 1.165) is 47.5 Å². The fraction of sp³-hybridized carbons (Fsp3) is 0.304. The van der Waals surface area contributed by atoms with Gasteiger partial charge in [0.25, 0.3) is 5.91 Å². The summed E-state index contributed by atoms with van der Waals surface area (Å²) in [5.41, 5.74) is 4.10. The lowest BCUT2D eigenvalue weighted by Gasteiger charge is -2.15. The third kappa shape index (κ3) is 4.49. The highest BCUT2D eigenvalue weighted by Gasteiger charge is 2.13. The number of hydrogen-bond acceptors (Lipinski definition) is 5. The second-order valence-electron chi connectivity index (χ2n) is 7.52. The summed E-state index contributed by atoms with van der Waals surface area (Å²) >= 11 is 0. The molecule has 0 radical (unpaired) electrons. The highest BCUT2D eigenvalue weighted by Crippen LogP contribution is 2.29.